The van der Waals surface area contributed by atoms with Gasteiger partial charge in [0.1, 0.15) is 5.82 Å². The number of nitrogen functional groups attached to an aromatic ring is 1. The molecule has 4 nitrogen and oxygen atoms in total. The Morgan fingerprint density at radius 1 is 1.24 bits per heavy atom. The van der Waals surface area contributed by atoms with Gasteiger partial charge in [0, 0.05) is 11.3 Å². The standard InChI is InChI=1S/C17H21N3O/c1-3-14-10-13(11-16(18)19-14)17(21)20-15(4-2)12-8-6-5-7-9-12/h5-11,15H,3-4H2,1-2H3,(H2,18,19)(H,20,21). The predicted molar refractivity (Wildman–Crippen MR) is 85.0 cm³/mol. The first-order valence-corrected chi connectivity index (χ1v) is 7.26. The number of aryl methyl sites for hydroxylation is 1. The molecule has 0 spiro atoms. The molecular formula is C17H21N3O. The molecule has 0 aliphatic heterocycles. The van der Waals surface area contributed by atoms with Gasteiger partial charge >= 0.3 is 0 Å². The molecule has 110 valence electrons. The third-order valence-corrected chi connectivity index (χ3v) is 3.44. The smallest absolute Gasteiger partial charge is 0.251 e. The lowest BCUT2D eigenvalue weighted by molar-refractivity contribution is 0.0935. The average Bonchev–Trinajstić information content (AvgIpc) is 2.52. The van der Waals surface area contributed by atoms with Crippen molar-refractivity contribution in [2.75, 3.05) is 5.73 Å². The van der Waals surface area contributed by atoms with E-state index in [0.29, 0.717) is 11.4 Å². The summed E-state index contributed by atoms with van der Waals surface area (Å²) in [6, 6.07) is 13.4. The monoisotopic (exact) mass is 283 g/mol. The molecule has 0 bridgehead atoms. The lowest BCUT2D eigenvalue weighted by Gasteiger charge is -2.17. The normalized spacial score (nSPS) is 11.9. The zero-order chi connectivity index (χ0) is 15.2. The zero-order valence-corrected chi connectivity index (χ0v) is 12.5. The second kappa shape index (κ2) is 6.88. The van der Waals surface area contributed by atoms with Gasteiger partial charge in [-0.25, -0.2) is 4.98 Å². The Bertz CT molecular complexity index is 611. The van der Waals surface area contributed by atoms with E-state index in [2.05, 4.69) is 17.2 Å². The minimum absolute atomic E-state index is 0.00170. The number of pyridine rings is 1. The maximum absolute atomic E-state index is 12.4. The fourth-order valence-corrected chi connectivity index (χ4v) is 2.27. The van der Waals surface area contributed by atoms with E-state index in [-0.39, 0.29) is 11.9 Å². The first-order valence-electron chi connectivity index (χ1n) is 7.26. The quantitative estimate of drug-likeness (QED) is 0.886. The van der Waals surface area contributed by atoms with Crippen LogP contribution >= 0.6 is 0 Å². The van der Waals surface area contributed by atoms with Crippen LogP contribution in [0.4, 0.5) is 5.82 Å². The number of rotatable bonds is 5. The van der Waals surface area contributed by atoms with E-state index in [1.807, 2.05) is 37.3 Å². The molecule has 0 radical (unpaired) electrons. The van der Waals surface area contributed by atoms with E-state index >= 15 is 0 Å². The number of nitrogens with zero attached hydrogens (tertiary/aromatic N) is 1. The minimum atomic E-state index is -0.116. The number of nitrogens with one attached hydrogen (secondary N) is 1. The first-order chi connectivity index (χ1) is 10.1. The van der Waals surface area contributed by atoms with Crippen molar-refractivity contribution in [3.63, 3.8) is 0 Å². The number of hydrogen-bond acceptors (Lipinski definition) is 3. The van der Waals surface area contributed by atoms with Gasteiger partial charge in [-0.05, 0) is 30.5 Å². The number of carbonyl (C=O) groups is 1. The van der Waals surface area contributed by atoms with Gasteiger partial charge in [0.15, 0.2) is 0 Å². The van der Waals surface area contributed by atoms with Crippen molar-refractivity contribution in [1.82, 2.24) is 10.3 Å². The van der Waals surface area contributed by atoms with Crippen molar-refractivity contribution in [3.05, 3.63) is 59.3 Å². The Morgan fingerprint density at radius 2 is 1.95 bits per heavy atom. The van der Waals surface area contributed by atoms with E-state index < -0.39 is 0 Å². The van der Waals surface area contributed by atoms with E-state index in [9.17, 15) is 4.79 Å². The van der Waals surface area contributed by atoms with Crippen LogP contribution in [0, 0.1) is 0 Å². The maximum Gasteiger partial charge on any atom is 0.251 e. The van der Waals surface area contributed by atoms with Crippen molar-refractivity contribution in [3.8, 4) is 0 Å². The van der Waals surface area contributed by atoms with E-state index in [4.69, 9.17) is 5.73 Å². The number of benzene rings is 1. The molecule has 1 amide bonds. The molecule has 0 saturated heterocycles. The largest absolute Gasteiger partial charge is 0.384 e. The summed E-state index contributed by atoms with van der Waals surface area (Å²) in [5.74, 6) is 0.266. The number of amides is 1. The molecule has 0 fully saturated rings. The zero-order valence-electron chi connectivity index (χ0n) is 12.5. The van der Waals surface area contributed by atoms with Crippen molar-refractivity contribution in [1.29, 1.82) is 0 Å². The molecule has 21 heavy (non-hydrogen) atoms. The van der Waals surface area contributed by atoms with Crippen LogP contribution in [0.2, 0.25) is 0 Å². The molecule has 2 aromatic rings. The molecule has 0 aliphatic carbocycles. The number of aromatic nitrogens is 1. The third-order valence-electron chi connectivity index (χ3n) is 3.44. The summed E-state index contributed by atoms with van der Waals surface area (Å²) in [6.07, 6.45) is 1.58. The molecule has 1 aromatic heterocycles. The van der Waals surface area contributed by atoms with Gasteiger partial charge in [-0.3, -0.25) is 4.79 Å². The highest BCUT2D eigenvalue weighted by atomic mass is 16.1. The molecule has 3 N–H and O–H groups in total. The van der Waals surface area contributed by atoms with Gasteiger partial charge in [-0.1, -0.05) is 44.2 Å². The Labute approximate surface area is 125 Å². The Hall–Kier alpha value is -2.36. The topological polar surface area (TPSA) is 68.0 Å². The second-order valence-electron chi connectivity index (χ2n) is 4.97. The van der Waals surface area contributed by atoms with Gasteiger partial charge in [-0.15, -0.1) is 0 Å². The van der Waals surface area contributed by atoms with E-state index in [1.165, 1.54) is 0 Å². The van der Waals surface area contributed by atoms with Crippen LogP contribution in [0.15, 0.2) is 42.5 Å². The molecule has 1 heterocycles. The molecule has 0 aliphatic rings. The molecule has 4 heteroatoms. The average molecular weight is 283 g/mol. The summed E-state index contributed by atoms with van der Waals surface area (Å²) in [5, 5.41) is 3.06. The molecule has 2 rings (SSSR count). The molecular weight excluding hydrogens is 262 g/mol. The third kappa shape index (κ3) is 3.81. The summed E-state index contributed by atoms with van der Waals surface area (Å²) >= 11 is 0. The first kappa shape index (κ1) is 15.0. The fraction of sp³-hybridized carbons (Fsp3) is 0.294. The number of nitrogens with two attached hydrogens (primary N) is 1. The number of hydrogen-bond donors (Lipinski definition) is 2. The second-order valence-corrected chi connectivity index (χ2v) is 4.97. The Morgan fingerprint density at radius 3 is 2.57 bits per heavy atom. The SMILES string of the molecule is CCc1cc(C(=O)NC(CC)c2ccccc2)cc(N)n1. The van der Waals surface area contributed by atoms with Crippen LogP contribution < -0.4 is 11.1 Å². The van der Waals surface area contributed by atoms with E-state index in [0.717, 1.165) is 24.1 Å². The van der Waals surface area contributed by atoms with Crippen LogP contribution in [-0.2, 0) is 6.42 Å². The summed E-state index contributed by atoms with van der Waals surface area (Å²) in [4.78, 5) is 16.6. The van der Waals surface area contributed by atoms with Crippen molar-refractivity contribution in [2.45, 2.75) is 32.7 Å². The summed E-state index contributed by atoms with van der Waals surface area (Å²) < 4.78 is 0. The minimum Gasteiger partial charge on any atom is -0.384 e. The predicted octanol–water partition coefficient (Wildman–Crippen LogP) is 3.11. The Kier molecular flexibility index (Phi) is 4.93. The Balaban J connectivity index is 2.18. The van der Waals surface area contributed by atoms with Gasteiger partial charge in [0.2, 0.25) is 0 Å². The molecule has 0 saturated carbocycles. The van der Waals surface area contributed by atoms with Crippen molar-refractivity contribution >= 4 is 11.7 Å². The maximum atomic E-state index is 12.4. The number of anilines is 1. The molecule has 1 unspecified atom stereocenters. The van der Waals surface area contributed by atoms with Gasteiger partial charge < -0.3 is 11.1 Å². The highest BCUT2D eigenvalue weighted by Crippen LogP contribution is 2.17. The number of carbonyl (C=O) groups excluding carboxylic acids is 1. The van der Waals surface area contributed by atoms with Gasteiger partial charge in [-0.2, -0.15) is 0 Å². The van der Waals surface area contributed by atoms with Crippen LogP contribution in [0.5, 0.6) is 0 Å². The highest BCUT2D eigenvalue weighted by Gasteiger charge is 2.15. The van der Waals surface area contributed by atoms with Crippen LogP contribution in [0.1, 0.15) is 47.9 Å². The summed E-state index contributed by atoms with van der Waals surface area (Å²) in [7, 11) is 0. The molecule has 1 aromatic carbocycles. The van der Waals surface area contributed by atoms with Gasteiger partial charge in [0.05, 0.1) is 6.04 Å². The van der Waals surface area contributed by atoms with Gasteiger partial charge in [0.25, 0.3) is 5.91 Å². The van der Waals surface area contributed by atoms with Crippen LogP contribution in [-0.4, -0.2) is 10.9 Å². The van der Waals surface area contributed by atoms with Crippen LogP contribution in [0.25, 0.3) is 0 Å². The van der Waals surface area contributed by atoms with E-state index in [1.54, 1.807) is 12.1 Å². The molecule has 1 atom stereocenters. The van der Waals surface area contributed by atoms with Crippen molar-refractivity contribution in [2.24, 2.45) is 0 Å². The van der Waals surface area contributed by atoms with Crippen LogP contribution in [0.3, 0.4) is 0 Å². The lowest BCUT2D eigenvalue weighted by Crippen LogP contribution is -2.28. The fourth-order valence-electron chi connectivity index (χ4n) is 2.27. The summed E-state index contributed by atoms with van der Waals surface area (Å²) in [6.45, 7) is 4.04. The van der Waals surface area contributed by atoms with Crippen molar-refractivity contribution < 1.29 is 4.79 Å². The summed E-state index contributed by atoms with van der Waals surface area (Å²) in [5.41, 5.74) is 8.25. The lowest BCUT2D eigenvalue weighted by atomic mass is 10.0. The highest BCUT2D eigenvalue weighted by molar-refractivity contribution is 5.95.